The summed E-state index contributed by atoms with van der Waals surface area (Å²) in [5.74, 6) is 0.607. The highest BCUT2D eigenvalue weighted by Crippen LogP contribution is 2.46. The van der Waals surface area contributed by atoms with Gasteiger partial charge in [-0.2, -0.15) is 0 Å². The smallest absolute Gasteiger partial charge is 0.227 e. The van der Waals surface area contributed by atoms with Crippen molar-refractivity contribution in [1.82, 2.24) is 4.98 Å². The number of oxazole rings is 1. The van der Waals surface area contributed by atoms with Crippen molar-refractivity contribution in [3.05, 3.63) is 158 Å². The number of anilines is 3. The van der Waals surface area contributed by atoms with E-state index in [-0.39, 0.29) is 0 Å². The van der Waals surface area contributed by atoms with Gasteiger partial charge in [0.25, 0.3) is 0 Å². The highest BCUT2D eigenvalue weighted by molar-refractivity contribution is 6.13. The summed E-state index contributed by atoms with van der Waals surface area (Å²) in [5, 5.41) is 4.28. The SMILES string of the molecule is c1ccc(-c2nc3c(cc(N(c4ccc5oc6ccccc6c5c4)c4ccccc4-c4ccccc4)c4ccccc43)o2)cc1. The van der Waals surface area contributed by atoms with Gasteiger partial charge in [0.1, 0.15) is 16.7 Å². The Balaban J connectivity index is 1.36. The second kappa shape index (κ2) is 10.2. The molecule has 4 nitrogen and oxygen atoms in total. The van der Waals surface area contributed by atoms with Crippen LogP contribution in [-0.4, -0.2) is 4.98 Å². The molecule has 45 heavy (non-hydrogen) atoms. The van der Waals surface area contributed by atoms with Gasteiger partial charge in [0.2, 0.25) is 5.89 Å². The van der Waals surface area contributed by atoms with E-state index in [1.807, 2.05) is 42.5 Å². The summed E-state index contributed by atoms with van der Waals surface area (Å²) < 4.78 is 12.7. The highest BCUT2D eigenvalue weighted by Gasteiger charge is 2.23. The lowest BCUT2D eigenvalue weighted by atomic mass is 10.00. The molecule has 0 aliphatic rings. The molecule has 7 aromatic carbocycles. The van der Waals surface area contributed by atoms with Gasteiger partial charge in [-0.05, 0) is 48.0 Å². The van der Waals surface area contributed by atoms with E-state index in [1.165, 1.54) is 0 Å². The lowest BCUT2D eigenvalue weighted by Gasteiger charge is -2.29. The van der Waals surface area contributed by atoms with Crippen molar-refractivity contribution in [2.45, 2.75) is 0 Å². The number of aromatic nitrogens is 1. The van der Waals surface area contributed by atoms with Crippen LogP contribution in [0.3, 0.4) is 0 Å². The number of benzene rings is 7. The number of nitrogens with zero attached hydrogens (tertiary/aromatic N) is 2. The van der Waals surface area contributed by atoms with Gasteiger partial charge in [0, 0.05) is 44.4 Å². The maximum Gasteiger partial charge on any atom is 0.227 e. The van der Waals surface area contributed by atoms with E-state index in [0.29, 0.717) is 5.89 Å². The largest absolute Gasteiger partial charge is 0.456 e. The molecule has 212 valence electrons. The lowest BCUT2D eigenvalue weighted by molar-refractivity contribution is 0.620. The van der Waals surface area contributed by atoms with Crippen LogP contribution in [0.5, 0.6) is 0 Å². The predicted octanol–water partition coefficient (Wildman–Crippen LogP) is 11.7. The van der Waals surface area contributed by atoms with Crippen LogP contribution in [0.1, 0.15) is 0 Å². The van der Waals surface area contributed by atoms with E-state index in [0.717, 1.165) is 77.6 Å². The van der Waals surface area contributed by atoms with Crippen LogP contribution in [-0.2, 0) is 0 Å². The second-order valence-electron chi connectivity index (χ2n) is 11.2. The molecular weight excluding hydrogens is 552 g/mol. The summed E-state index contributed by atoms with van der Waals surface area (Å²) in [6, 6.07) is 54.4. The van der Waals surface area contributed by atoms with Crippen LogP contribution in [0, 0.1) is 0 Å². The monoisotopic (exact) mass is 578 g/mol. The van der Waals surface area contributed by atoms with E-state index >= 15 is 0 Å². The van der Waals surface area contributed by atoms with Gasteiger partial charge in [0.15, 0.2) is 5.58 Å². The fourth-order valence-electron chi connectivity index (χ4n) is 6.42. The molecule has 9 rings (SSSR count). The minimum absolute atomic E-state index is 0.607. The molecule has 0 unspecified atom stereocenters. The van der Waals surface area contributed by atoms with Gasteiger partial charge >= 0.3 is 0 Å². The summed E-state index contributed by atoms with van der Waals surface area (Å²) >= 11 is 0. The first-order valence-electron chi connectivity index (χ1n) is 15.1. The maximum absolute atomic E-state index is 6.50. The summed E-state index contributed by atoms with van der Waals surface area (Å²) in [6.07, 6.45) is 0. The lowest BCUT2D eigenvalue weighted by Crippen LogP contribution is -2.12. The van der Waals surface area contributed by atoms with Crippen molar-refractivity contribution in [1.29, 1.82) is 0 Å². The molecule has 0 aliphatic heterocycles. The number of furan rings is 1. The summed E-state index contributed by atoms with van der Waals surface area (Å²) in [7, 11) is 0. The Hall–Kier alpha value is -6.13. The Labute approximate surface area is 259 Å². The average molecular weight is 579 g/mol. The normalized spacial score (nSPS) is 11.6. The van der Waals surface area contributed by atoms with Crippen LogP contribution in [0.15, 0.2) is 167 Å². The van der Waals surface area contributed by atoms with Crippen LogP contribution >= 0.6 is 0 Å². The number of hydrogen-bond acceptors (Lipinski definition) is 4. The van der Waals surface area contributed by atoms with Gasteiger partial charge in [-0.15, -0.1) is 0 Å². The van der Waals surface area contributed by atoms with Gasteiger partial charge in [-0.25, -0.2) is 4.98 Å². The van der Waals surface area contributed by atoms with Crippen LogP contribution in [0.2, 0.25) is 0 Å². The molecule has 0 N–H and O–H groups in total. The second-order valence-corrected chi connectivity index (χ2v) is 11.2. The first-order valence-corrected chi connectivity index (χ1v) is 15.1. The van der Waals surface area contributed by atoms with Crippen LogP contribution in [0.4, 0.5) is 17.1 Å². The molecule has 2 heterocycles. The van der Waals surface area contributed by atoms with Gasteiger partial charge in [-0.1, -0.05) is 109 Å². The molecule has 0 atom stereocenters. The van der Waals surface area contributed by atoms with Gasteiger partial charge in [-0.3, -0.25) is 0 Å². The van der Waals surface area contributed by atoms with Crippen molar-refractivity contribution < 1.29 is 8.83 Å². The van der Waals surface area contributed by atoms with Crippen molar-refractivity contribution in [2.24, 2.45) is 0 Å². The Morgan fingerprint density at radius 2 is 1.07 bits per heavy atom. The Morgan fingerprint density at radius 3 is 1.89 bits per heavy atom. The molecule has 0 radical (unpaired) electrons. The molecule has 0 bridgehead atoms. The topological polar surface area (TPSA) is 42.4 Å². The van der Waals surface area contributed by atoms with E-state index in [1.54, 1.807) is 0 Å². The number of para-hydroxylation sites is 2. The third kappa shape index (κ3) is 4.19. The highest BCUT2D eigenvalue weighted by atomic mass is 16.3. The molecule has 0 amide bonds. The zero-order valence-electron chi connectivity index (χ0n) is 24.2. The first kappa shape index (κ1) is 25.4. The molecular formula is C41H26N2O2. The van der Waals surface area contributed by atoms with Crippen molar-refractivity contribution in [2.75, 3.05) is 4.90 Å². The fraction of sp³-hybridized carbons (Fsp3) is 0. The molecule has 0 aliphatic carbocycles. The molecule has 9 aromatic rings. The quantitative estimate of drug-likeness (QED) is 0.204. The fourth-order valence-corrected chi connectivity index (χ4v) is 6.42. The Morgan fingerprint density at radius 1 is 0.422 bits per heavy atom. The minimum Gasteiger partial charge on any atom is -0.456 e. The molecule has 0 fully saturated rings. The Bertz CT molecular complexity index is 2490. The third-order valence-corrected chi connectivity index (χ3v) is 8.49. The zero-order chi connectivity index (χ0) is 29.7. The molecule has 0 saturated heterocycles. The zero-order valence-corrected chi connectivity index (χ0v) is 24.2. The Kier molecular flexibility index (Phi) is 5.78. The molecule has 0 saturated carbocycles. The first-order chi connectivity index (χ1) is 22.3. The molecule has 0 spiro atoms. The van der Waals surface area contributed by atoms with Gasteiger partial charge < -0.3 is 13.7 Å². The standard InChI is InChI=1S/C41H26N2O2/c1-3-13-27(14-4-1)30-17-9-11-21-35(30)43(29-23-24-38-34(25-29)32-19-10-12-22-37(32)44-38)36-26-39-40(33-20-8-7-18-31(33)36)42-41(45-39)28-15-5-2-6-16-28/h1-26H. The van der Waals surface area contributed by atoms with Gasteiger partial charge in [0.05, 0.1) is 11.4 Å². The number of hydrogen-bond donors (Lipinski definition) is 0. The van der Waals surface area contributed by atoms with E-state index in [2.05, 4.69) is 120 Å². The van der Waals surface area contributed by atoms with Crippen molar-refractivity contribution >= 4 is 60.9 Å². The summed E-state index contributed by atoms with van der Waals surface area (Å²) in [4.78, 5) is 7.34. The maximum atomic E-state index is 6.50. The van der Waals surface area contributed by atoms with E-state index < -0.39 is 0 Å². The number of rotatable bonds is 5. The predicted molar refractivity (Wildman–Crippen MR) is 184 cm³/mol. The number of fused-ring (bicyclic) bond motifs is 6. The van der Waals surface area contributed by atoms with Crippen LogP contribution in [0.25, 0.3) is 66.4 Å². The molecule has 4 heteroatoms. The van der Waals surface area contributed by atoms with E-state index in [9.17, 15) is 0 Å². The van der Waals surface area contributed by atoms with Crippen LogP contribution < -0.4 is 4.90 Å². The van der Waals surface area contributed by atoms with Crippen molar-refractivity contribution in [3.8, 4) is 22.6 Å². The average Bonchev–Trinajstić information content (AvgIpc) is 3.71. The third-order valence-electron chi connectivity index (χ3n) is 8.49. The molecule has 2 aromatic heterocycles. The summed E-state index contributed by atoms with van der Waals surface area (Å²) in [6.45, 7) is 0. The summed E-state index contributed by atoms with van der Waals surface area (Å²) in [5.41, 5.74) is 9.62. The van der Waals surface area contributed by atoms with Crippen molar-refractivity contribution in [3.63, 3.8) is 0 Å². The van der Waals surface area contributed by atoms with E-state index in [4.69, 9.17) is 13.8 Å². The minimum atomic E-state index is 0.607.